The second kappa shape index (κ2) is 8.84. The largest absolute Gasteiger partial charge is 0.393 e. The summed E-state index contributed by atoms with van der Waals surface area (Å²) >= 11 is 0. The van der Waals surface area contributed by atoms with Gasteiger partial charge in [0.1, 0.15) is 0 Å². The number of carbonyl (C=O) groups excluding carboxylic acids is 1. The van der Waals surface area contributed by atoms with Crippen LogP contribution in [0.5, 0.6) is 0 Å². The molecule has 1 amide bonds. The van der Waals surface area contributed by atoms with Gasteiger partial charge in [0, 0.05) is 18.3 Å². The van der Waals surface area contributed by atoms with E-state index in [0.29, 0.717) is 18.4 Å². The number of aliphatic hydroxyl groups is 1. The van der Waals surface area contributed by atoms with Crippen LogP contribution in [0.1, 0.15) is 59.8 Å². The Bertz CT molecular complexity index is 766. The predicted molar refractivity (Wildman–Crippen MR) is 109 cm³/mol. The SMILES string of the molecule is O=C(NC(c1ccccn1)C1CC(O)C1)c1ccc(CN2CCCCC2)cc1. The van der Waals surface area contributed by atoms with Gasteiger partial charge in [0.2, 0.25) is 0 Å². The molecule has 1 aliphatic heterocycles. The van der Waals surface area contributed by atoms with Gasteiger partial charge in [-0.1, -0.05) is 24.6 Å². The number of carbonyl (C=O) groups is 1. The maximum absolute atomic E-state index is 12.8. The van der Waals surface area contributed by atoms with Crippen LogP contribution in [0.25, 0.3) is 0 Å². The minimum absolute atomic E-state index is 0.0819. The molecule has 5 heteroatoms. The number of rotatable bonds is 6. The summed E-state index contributed by atoms with van der Waals surface area (Å²) in [5.41, 5.74) is 2.78. The lowest BCUT2D eigenvalue weighted by molar-refractivity contribution is 0.0228. The number of likely N-dealkylation sites (tertiary alicyclic amines) is 1. The van der Waals surface area contributed by atoms with Gasteiger partial charge < -0.3 is 10.4 Å². The third-order valence-corrected chi connectivity index (χ3v) is 5.99. The zero-order chi connectivity index (χ0) is 19.3. The topological polar surface area (TPSA) is 65.5 Å². The number of aliphatic hydroxyl groups excluding tert-OH is 1. The first-order chi connectivity index (χ1) is 13.7. The van der Waals surface area contributed by atoms with Crippen molar-refractivity contribution in [3.05, 3.63) is 65.5 Å². The molecule has 2 aromatic rings. The van der Waals surface area contributed by atoms with Crippen LogP contribution in [-0.2, 0) is 6.54 Å². The Hall–Kier alpha value is -2.24. The van der Waals surface area contributed by atoms with Crippen molar-refractivity contribution in [1.82, 2.24) is 15.2 Å². The Labute approximate surface area is 166 Å². The van der Waals surface area contributed by atoms with E-state index in [-0.39, 0.29) is 24.0 Å². The summed E-state index contributed by atoms with van der Waals surface area (Å²) in [6.07, 6.45) is 6.80. The molecule has 2 aliphatic rings. The summed E-state index contributed by atoms with van der Waals surface area (Å²) in [5, 5.41) is 12.8. The number of nitrogens with zero attached hydrogens (tertiary/aromatic N) is 2. The number of nitrogens with one attached hydrogen (secondary N) is 1. The molecule has 4 rings (SSSR count). The summed E-state index contributed by atoms with van der Waals surface area (Å²) in [6.45, 7) is 3.29. The van der Waals surface area contributed by atoms with Gasteiger partial charge in [-0.2, -0.15) is 0 Å². The third kappa shape index (κ3) is 4.59. The second-order valence-corrected chi connectivity index (χ2v) is 8.12. The highest BCUT2D eigenvalue weighted by Gasteiger charge is 2.36. The molecule has 2 heterocycles. The van der Waals surface area contributed by atoms with Crippen LogP contribution in [0.15, 0.2) is 48.7 Å². The maximum Gasteiger partial charge on any atom is 0.251 e. The van der Waals surface area contributed by atoms with Gasteiger partial charge in [-0.25, -0.2) is 0 Å². The molecule has 1 unspecified atom stereocenters. The molecule has 148 valence electrons. The van der Waals surface area contributed by atoms with Crippen LogP contribution < -0.4 is 5.32 Å². The third-order valence-electron chi connectivity index (χ3n) is 5.99. The summed E-state index contributed by atoms with van der Waals surface area (Å²) < 4.78 is 0. The Morgan fingerprint density at radius 2 is 1.86 bits per heavy atom. The molecular weight excluding hydrogens is 350 g/mol. The Morgan fingerprint density at radius 1 is 1.11 bits per heavy atom. The number of amides is 1. The summed E-state index contributed by atoms with van der Waals surface area (Å²) in [7, 11) is 0. The molecule has 2 N–H and O–H groups in total. The van der Waals surface area contributed by atoms with Gasteiger partial charge in [0.05, 0.1) is 17.8 Å². The minimum atomic E-state index is -0.262. The number of benzene rings is 1. The standard InChI is InChI=1S/C23H29N3O2/c27-20-14-19(15-20)22(21-6-2-3-11-24-21)25-23(28)18-9-7-17(8-10-18)16-26-12-4-1-5-13-26/h2-3,6-11,19-20,22,27H,1,4-5,12-16H2,(H,25,28). The van der Waals surface area contributed by atoms with Crippen LogP contribution in [0.3, 0.4) is 0 Å². The average Bonchev–Trinajstić information content (AvgIpc) is 2.72. The van der Waals surface area contributed by atoms with E-state index in [9.17, 15) is 9.90 Å². The van der Waals surface area contributed by atoms with Gasteiger partial charge in [0.25, 0.3) is 5.91 Å². The molecule has 1 saturated heterocycles. The van der Waals surface area contributed by atoms with Crippen molar-refractivity contribution in [3.8, 4) is 0 Å². The predicted octanol–water partition coefficient (Wildman–Crippen LogP) is 3.31. The van der Waals surface area contributed by atoms with Crippen molar-refractivity contribution < 1.29 is 9.90 Å². The average molecular weight is 380 g/mol. The number of pyridine rings is 1. The molecule has 1 aliphatic carbocycles. The molecule has 5 nitrogen and oxygen atoms in total. The molecular formula is C23H29N3O2. The number of hydrogen-bond acceptors (Lipinski definition) is 4. The first-order valence-electron chi connectivity index (χ1n) is 10.4. The van der Waals surface area contributed by atoms with Gasteiger partial charge >= 0.3 is 0 Å². The molecule has 1 aromatic carbocycles. The van der Waals surface area contributed by atoms with Gasteiger partial charge in [-0.05, 0) is 74.5 Å². The minimum Gasteiger partial charge on any atom is -0.393 e. The molecule has 1 aromatic heterocycles. The fourth-order valence-corrected chi connectivity index (χ4v) is 4.26. The highest BCUT2D eigenvalue weighted by atomic mass is 16.3. The molecule has 0 spiro atoms. The molecule has 1 atom stereocenters. The normalized spacial score (nSPS) is 23.6. The number of hydrogen-bond donors (Lipinski definition) is 2. The monoisotopic (exact) mass is 379 g/mol. The lowest BCUT2D eigenvalue weighted by Crippen LogP contribution is -2.41. The quantitative estimate of drug-likeness (QED) is 0.808. The fourth-order valence-electron chi connectivity index (χ4n) is 4.26. The van der Waals surface area contributed by atoms with Gasteiger partial charge in [0.15, 0.2) is 0 Å². The second-order valence-electron chi connectivity index (χ2n) is 8.12. The first-order valence-corrected chi connectivity index (χ1v) is 10.4. The highest BCUT2D eigenvalue weighted by molar-refractivity contribution is 5.94. The molecule has 0 bridgehead atoms. The zero-order valence-electron chi connectivity index (χ0n) is 16.3. The van der Waals surface area contributed by atoms with E-state index in [1.165, 1.54) is 37.9 Å². The van der Waals surface area contributed by atoms with Crippen molar-refractivity contribution in [1.29, 1.82) is 0 Å². The van der Waals surface area contributed by atoms with E-state index in [1.54, 1.807) is 6.20 Å². The lowest BCUT2D eigenvalue weighted by Gasteiger charge is -2.37. The fraction of sp³-hybridized carbons (Fsp3) is 0.478. The molecule has 28 heavy (non-hydrogen) atoms. The maximum atomic E-state index is 12.8. The van der Waals surface area contributed by atoms with Crippen molar-refractivity contribution in [2.24, 2.45) is 5.92 Å². The Balaban J connectivity index is 1.41. The van der Waals surface area contributed by atoms with Crippen LogP contribution in [0, 0.1) is 5.92 Å². The van der Waals surface area contributed by atoms with Crippen LogP contribution in [0.2, 0.25) is 0 Å². The van der Waals surface area contributed by atoms with Crippen LogP contribution in [-0.4, -0.2) is 40.1 Å². The molecule has 1 saturated carbocycles. The Kier molecular flexibility index (Phi) is 6.03. The zero-order valence-corrected chi connectivity index (χ0v) is 16.3. The van der Waals surface area contributed by atoms with Crippen molar-refractivity contribution in [2.45, 2.75) is 50.8 Å². The molecule has 0 radical (unpaired) electrons. The number of aromatic nitrogens is 1. The smallest absolute Gasteiger partial charge is 0.251 e. The van der Waals surface area contributed by atoms with Crippen molar-refractivity contribution in [3.63, 3.8) is 0 Å². The van der Waals surface area contributed by atoms with Gasteiger partial charge in [-0.15, -0.1) is 0 Å². The van der Waals surface area contributed by atoms with E-state index in [0.717, 1.165) is 12.2 Å². The van der Waals surface area contributed by atoms with E-state index < -0.39 is 0 Å². The lowest BCUT2D eigenvalue weighted by atomic mass is 9.76. The summed E-state index contributed by atoms with van der Waals surface area (Å²) in [6, 6.07) is 13.5. The van der Waals surface area contributed by atoms with E-state index in [4.69, 9.17) is 0 Å². The van der Waals surface area contributed by atoms with Crippen molar-refractivity contribution in [2.75, 3.05) is 13.1 Å². The van der Waals surface area contributed by atoms with E-state index in [2.05, 4.69) is 27.3 Å². The van der Waals surface area contributed by atoms with Gasteiger partial charge in [-0.3, -0.25) is 14.7 Å². The van der Waals surface area contributed by atoms with Crippen LogP contribution >= 0.6 is 0 Å². The molecule has 2 fully saturated rings. The Morgan fingerprint density at radius 3 is 2.50 bits per heavy atom. The summed E-state index contributed by atoms with van der Waals surface area (Å²) in [5.74, 6) is 0.147. The summed E-state index contributed by atoms with van der Waals surface area (Å²) in [4.78, 5) is 19.8. The van der Waals surface area contributed by atoms with Crippen molar-refractivity contribution >= 4 is 5.91 Å². The highest BCUT2D eigenvalue weighted by Crippen LogP contribution is 2.37. The number of piperidine rings is 1. The van der Waals surface area contributed by atoms with Crippen LogP contribution in [0.4, 0.5) is 0 Å². The van der Waals surface area contributed by atoms with E-state index >= 15 is 0 Å². The first kappa shape index (κ1) is 19.1. The van der Waals surface area contributed by atoms with E-state index in [1.807, 2.05) is 30.3 Å².